The maximum atomic E-state index is 13.9. The molecule has 0 spiro atoms. The Balaban J connectivity index is 1.63. The Morgan fingerprint density at radius 1 is 1.11 bits per heavy atom. The quantitative estimate of drug-likeness (QED) is 0.115. The molecule has 47 heavy (non-hydrogen) atoms. The van der Waals surface area contributed by atoms with Gasteiger partial charge in [0.1, 0.15) is 22.8 Å². The lowest BCUT2D eigenvalue weighted by molar-refractivity contribution is -0.245. The van der Waals surface area contributed by atoms with E-state index < -0.39 is 115 Å². The summed E-state index contributed by atoms with van der Waals surface area (Å²) in [7, 11) is 1.31. The van der Waals surface area contributed by atoms with Gasteiger partial charge in [-0.2, -0.15) is 0 Å². The van der Waals surface area contributed by atoms with E-state index in [4.69, 9.17) is 25.1 Å². The van der Waals surface area contributed by atoms with Crippen molar-refractivity contribution in [1.82, 2.24) is 0 Å². The van der Waals surface area contributed by atoms with Crippen LogP contribution in [0.3, 0.4) is 0 Å². The van der Waals surface area contributed by atoms with Crippen LogP contribution in [0.15, 0.2) is 23.2 Å². The smallest absolute Gasteiger partial charge is 0.303 e. The number of benzene rings is 2. The first-order valence-corrected chi connectivity index (χ1v) is 14.9. The number of nitrogens with two attached hydrogens (primary N) is 1. The number of aliphatic imine (C=N–C) groups is 1. The normalized spacial score (nSPS) is 27.1. The van der Waals surface area contributed by atoms with Crippen LogP contribution >= 0.6 is 0 Å². The van der Waals surface area contributed by atoms with Crippen molar-refractivity contribution in [3.05, 3.63) is 51.6 Å². The lowest BCUT2D eigenvalue weighted by Gasteiger charge is -2.43. The summed E-state index contributed by atoms with van der Waals surface area (Å²) in [6.45, 7) is 0.145. The van der Waals surface area contributed by atoms with E-state index in [0.29, 0.717) is 0 Å². The number of carbonyl (C=O) groups excluding carboxylic acids is 3. The predicted molar refractivity (Wildman–Crippen MR) is 161 cm³/mol. The summed E-state index contributed by atoms with van der Waals surface area (Å²) in [4.78, 5) is 54.8. The van der Waals surface area contributed by atoms with Crippen LogP contribution in [0.2, 0.25) is 0 Å². The molecule has 1 heterocycles. The van der Waals surface area contributed by atoms with Gasteiger partial charge >= 0.3 is 5.97 Å². The van der Waals surface area contributed by atoms with Crippen molar-refractivity contribution in [2.24, 2.45) is 10.7 Å². The van der Waals surface area contributed by atoms with Crippen molar-refractivity contribution in [3.63, 3.8) is 0 Å². The van der Waals surface area contributed by atoms with E-state index in [9.17, 15) is 44.7 Å². The monoisotopic (exact) mass is 656 g/mol. The van der Waals surface area contributed by atoms with Crippen LogP contribution in [0.25, 0.3) is 0 Å². The van der Waals surface area contributed by atoms with Crippen molar-refractivity contribution in [2.45, 2.75) is 75.3 Å². The number of phenols is 2. The van der Waals surface area contributed by atoms with E-state index in [1.54, 1.807) is 6.92 Å². The number of aromatic hydroxyl groups is 2. The van der Waals surface area contributed by atoms with Crippen molar-refractivity contribution in [2.75, 3.05) is 20.3 Å². The van der Waals surface area contributed by atoms with Crippen LogP contribution in [0, 0.1) is 0 Å². The number of hydrogen-bond donors (Lipinski definition) is 7. The van der Waals surface area contributed by atoms with Crippen LogP contribution in [-0.2, 0) is 25.5 Å². The lowest BCUT2D eigenvalue weighted by Crippen LogP contribution is -2.53. The number of aliphatic hydroxyl groups is 3. The van der Waals surface area contributed by atoms with Crippen LogP contribution in [-0.4, -0.2) is 110 Å². The highest BCUT2D eigenvalue weighted by Crippen LogP contribution is 2.52. The molecule has 15 heteroatoms. The van der Waals surface area contributed by atoms with Gasteiger partial charge in [0.05, 0.1) is 67.4 Å². The molecule has 2 aliphatic carbocycles. The van der Waals surface area contributed by atoms with Gasteiger partial charge in [-0.25, -0.2) is 0 Å². The second kappa shape index (κ2) is 13.1. The zero-order chi connectivity index (χ0) is 34.4. The maximum absolute atomic E-state index is 13.9. The summed E-state index contributed by atoms with van der Waals surface area (Å²) in [6, 6.07) is 3.56. The number of ether oxygens (including phenoxy) is 3. The number of fused-ring (bicyclic) bond motifs is 3. The first kappa shape index (κ1) is 34.1. The predicted octanol–water partition coefficient (Wildman–Crippen LogP) is 0.307. The molecular formula is C32H36N2O13. The average molecular weight is 657 g/mol. The Hall–Kier alpha value is -4.25. The number of nitrogens with zero attached hydrogens (tertiary/aromatic N) is 1. The van der Waals surface area contributed by atoms with Gasteiger partial charge in [0, 0.05) is 48.4 Å². The van der Waals surface area contributed by atoms with Crippen molar-refractivity contribution in [3.8, 4) is 17.2 Å². The number of aliphatic hydroxyl groups excluding tert-OH is 2. The van der Waals surface area contributed by atoms with Crippen molar-refractivity contribution >= 4 is 29.0 Å². The van der Waals surface area contributed by atoms with Crippen LogP contribution in [0.4, 0.5) is 0 Å². The lowest BCUT2D eigenvalue weighted by atomic mass is 9.71. The molecule has 3 aliphatic rings. The molecule has 0 aromatic heterocycles. The third-order valence-electron chi connectivity index (χ3n) is 8.89. The molecule has 0 amide bonds. The fraction of sp³-hybridized carbons (Fsp3) is 0.469. The van der Waals surface area contributed by atoms with E-state index >= 15 is 0 Å². The first-order valence-electron chi connectivity index (χ1n) is 14.9. The third-order valence-corrected chi connectivity index (χ3v) is 8.89. The number of Topliss-reactive ketones (excluding diaryl/α,β-unsaturated/α-hetero) is 1. The van der Waals surface area contributed by atoms with E-state index in [1.807, 2.05) is 0 Å². The summed E-state index contributed by atoms with van der Waals surface area (Å²) >= 11 is 0. The van der Waals surface area contributed by atoms with E-state index in [0.717, 1.165) is 0 Å². The second-order valence-electron chi connectivity index (χ2n) is 11.9. The molecule has 1 aliphatic heterocycles. The number of carbonyl (C=O) groups is 4. The van der Waals surface area contributed by atoms with Gasteiger partial charge in [-0.1, -0.05) is 12.1 Å². The number of aliphatic carboxylic acids is 1. The van der Waals surface area contributed by atoms with Gasteiger partial charge in [0.15, 0.2) is 17.9 Å². The Morgan fingerprint density at radius 2 is 1.81 bits per heavy atom. The number of ketones is 3. The summed E-state index contributed by atoms with van der Waals surface area (Å²) in [5.74, 6) is -4.68. The van der Waals surface area contributed by atoms with E-state index in [1.165, 1.54) is 25.3 Å². The fourth-order valence-electron chi connectivity index (χ4n) is 6.46. The minimum Gasteiger partial charge on any atom is -0.507 e. The minimum absolute atomic E-state index is 0.0194. The average Bonchev–Trinajstić information content (AvgIpc) is 3.02. The molecule has 0 radical (unpaired) electrons. The molecule has 0 saturated carbocycles. The minimum atomic E-state index is -2.14. The highest BCUT2D eigenvalue weighted by atomic mass is 16.7. The summed E-state index contributed by atoms with van der Waals surface area (Å²) in [5.41, 5.74) is 2.14. The summed E-state index contributed by atoms with van der Waals surface area (Å²) < 4.78 is 17.3. The standard InChI is InChI=1S/C32H36N2O13/c1-13-27(39)17(33)8-22(46-13)47-19-10-32(44,20(12-35)34-11-14(36)6-7-21(37)38)9-16-24(19)31(43)26-25(29(16)41)28(40)15-4-3-5-18(45-2)23(15)30(26)42/h3-5,13,17,19,22,27,35,39,41,43-44H,6-12,33H2,1-2H3,(H,37,38)/t13?,17?,19-,22?,27?,32-/m0/s1. The molecular weight excluding hydrogens is 620 g/mol. The zero-order valence-corrected chi connectivity index (χ0v) is 25.6. The molecule has 6 atom stereocenters. The highest BCUT2D eigenvalue weighted by Gasteiger charge is 2.49. The van der Waals surface area contributed by atoms with Gasteiger partial charge in [-0.05, 0) is 13.0 Å². The Bertz CT molecular complexity index is 1660. The van der Waals surface area contributed by atoms with Crippen LogP contribution < -0.4 is 10.5 Å². The van der Waals surface area contributed by atoms with E-state index in [-0.39, 0.29) is 46.6 Å². The fourth-order valence-corrected chi connectivity index (χ4v) is 6.46. The molecule has 15 nitrogen and oxygen atoms in total. The molecule has 2 aromatic carbocycles. The molecule has 1 fully saturated rings. The Labute approximate surface area is 268 Å². The zero-order valence-electron chi connectivity index (χ0n) is 25.6. The van der Waals surface area contributed by atoms with Gasteiger partial charge in [0.25, 0.3) is 0 Å². The number of carboxylic acid groups (broad SMARTS) is 1. The largest absolute Gasteiger partial charge is 0.507 e. The molecule has 1 saturated heterocycles. The molecule has 0 bridgehead atoms. The Kier molecular flexibility index (Phi) is 9.50. The van der Waals surface area contributed by atoms with Crippen LogP contribution in [0.1, 0.15) is 81.7 Å². The third kappa shape index (κ3) is 6.13. The number of methoxy groups -OCH3 is 1. The summed E-state index contributed by atoms with van der Waals surface area (Å²) in [5, 5.41) is 64.7. The van der Waals surface area contributed by atoms with Gasteiger partial charge in [-0.3, -0.25) is 24.2 Å². The van der Waals surface area contributed by atoms with Gasteiger partial charge < -0.3 is 50.6 Å². The molecule has 252 valence electrons. The summed E-state index contributed by atoms with van der Waals surface area (Å²) in [6.07, 6.45) is -6.04. The number of rotatable bonds is 10. The van der Waals surface area contributed by atoms with Crippen molar-refractivity contribution in [1.29, 1.82) is 0 Å². The molecule has 5 rings (SSSR count). The Morgan fingerprint density at radius 3 is 2.45 bits per heavy atom. The number of hydrogen-bond acceptors (Lipinski definition) is 14. The molecule has 4 unspecified atom stereocenters. The number of carboxylic acids is 1. The molecule has 2 aromatic rings. The highest BCUT2D eigenvalue weighted by molar-refractivity contribution is 6.31. The molecule has 8 N–H and O–H groups in total. The first-order chi connectivity index (χ1) is 22.2. The van der Waals surface area contributed by atoms with Crippen molar-refractivity contribution < 1.29 is 64.0 Å². The topological polar surface area (TPSA) is 256 Å². The maximum Gasteiger partial charge on any atom is 0.303 e. The second-order valence-corrected chi connectivity index (χ2v) is 11.9. The van der Waals surface area contributed by atoms with Crippen LogP contribution in [0.5, 0.6) is 17.2 Å². The van der Waals surface area contributed by atoms with Gasteiger partial charge in [-0.15, -0.1) is 0 Å². The number of phenolic OH excluding ortho intramolecular Hbond substituents is 2. The van der Waals surface area contributed by atoms with Gasteiger partial charge in [0.2, 0.25) is 5.78 Å². The SMILES string of the molecule is COc1cccc2c1C(=O)c1c(O)c3c(c(O)c1C2=O)C[C@@](O)(C(CO)=NCC(=O)CCC(=O)O)C[C@@H]3OC1CC(N)C(O)C(C)O1. The van der Waals surface area contributed by atoms with E-state index in [2.05, 4.69) is 4.99 Å².